The molecule has 5 nitrogen and oxygen atoms in total. The molecule has 0 aliphatic carbocycles. The Morgan fingerprint density at radius 3 is 2.25 bits per heavy atom. The molecule has 0 amide bonds. The summed E-state index contributed by atoms with van der Waals surface area (Å²) in [5.74, 6) is 0.733. The number of nitrogens with one attached hydrogen (secondary N) is 1. The first-order valence-electron chi connectivity index (χ1n) is 18.4. The van der Waals surface area contributed by atoms with E-state index in [0.717, 1.165) is 81.9 Å². The number of H-pyrrole nitrogens is 1. The number of rotatable bonds is 10. The van der Waals surface area contributed by atoms with Gasteiger partial charge in [0, 0.05) is 44.8 Å². The number of benzene rings is 5. The second-order valence-corrected chi connectivity index (χ2v) is 15.5. The lowest BCUT2D eigenvalue weighted by atomic mass is 10.0. The maximum absolute atomic E-state index is 6.70. The predicted octanol–water partition coefficient (Wildman–Crippen LogP) is 14.0. The van der Waals surface area contributed by atoms with Crippen LogP contribution in [0.1, 0.15) is 16.4 Å². The molecule has 0 spiro atoms. The number of aromatic amines is 1. The molecule has 1 unspecified atom stereocenters. The molecule has 268 valence electrons. The SMILES string of the molecule is c1ccc(-c2c(-c3ccc4ccccc4n3)c[nH]c2SC(c2ccccc2)c2ccccc2Sc2oc3ccccc3c2-c2occc2-c2ccccn2)cc1. The predicted molar refractivity (Wildman–Crippen MR) is 229 cm³/mol. The van der Waals surface area contributed by atoms with Gasteiger partial charge in [0.15, 0.2) is 5.09 Å². The molecule has 0 fully saturated rings. The highest BCUT2D eigenvalue weighted by atomic mass is 32.2. The van der Waals surface area contributed by atoms with E-state index in [9.17, 15) is 0 Å². The van der Waals surface area contributed by atoms with E-state index in [1.54, 1.807) is 18.0 Å². The molecule has 0 aliphatic rings. The van der Waals surface area contributed by atoms with Gasteiger partial charge in [0.1, 0.15) is 11.3 Å². The van der Waals surface area contributed by atoms with Crippen LogP contribution in [0.15, 0.2) is 212 Å². The average molecular weight is 760 g/mol. The third-order valence-corrected chi connectivity index (χ3v) is 12.3. The summed E-state index contributed by atoms with van der Waals surface area (Å²) in [6.45, 7) is 0. The van der Waals surface area contributed by atoms with Crippen molar-refractivity contribution in [1.82, 2.24) is 15.0 Å². The molecule has 10 rings (SSSR count). The van der Waals surface area contributed by atoms with E-state index >= 15 is 0 Å². The Morgan fingerprint density at radius 1 is 0.607 bits per heavy atom. The van der Waals surface area contributed by atoms with Gasteiger partial charge in [-0.15, -0.1) is 0 Å². The van der Waals surface area contributed by atoms with Gasteiger partial charge in [0.2, 0.25) is 0 Å². The minimum atomic E-state index is -0.0704. The molecule has 0 saturated carbocycles. The fourth-order valence-electron chi connectivity index (χ4n) is 7.29. The van der Waals surface area contributed by atoms with Crippen LogP contribution in [0.3, 0.4) is 0 Å². The van der Waals surface area contributed by atoms with E-state index < -0.39 is 0 Å². The standard InChI is InChI=1S/C49H33N3O2S2/c1-3-16-33(17-4-1)44-38(41-27-26-32-15-7-10-22-39(32)52-41)31-51-48(44)56-47(34-18-5-2-6-19-34)37-21-9-12-25-43(37)55-49-45(36-20-8-11-24-42(36)54-49)46-35(28-30-53-46)40-23-13-14-29-50-40/h1-31,47,51H. The Kier molecular flexibility index (Phi) is 9.07. The lowest BCUT2D eigenvalue weighted by Crippen LogP contribution is -2.00. The summed E-state index contributed by atoms with van der Waals surface area (Å²) in [6.07, 6.45) is 5.64. The molecule has 1 N–H and O–H groups in total. The summed E-state index contributed by atoms with van der Waals surface area (Å²) >= 11 is 3.44. The molecule has 56 heavy (non-hydrogen) atoms. The molecular weight excluding hydrogens is 727 g/mol. The van der Waals surface area contributed by atoms with Crippen LogP contribution >= 0.6 is 23.5 Å². The second-order valence-electron chi connectivity index (χ2n) is 13.3. The normalized spacial score (nSPS) is 12.0. The number of pyridine rings is 2. The zero-order valence-corrected chi connectivity index (χ0v) is 31.6. The van der Waals surface area contributed by atoms with Crippen LogP contribution in [0.2, 0.25) is 0 Å². The largest absolute Gasteiger partial charge is 0.463 e. The van der Waals surface area contributed by atoms with E-state index in [-0.39, 0.29) is 5.25 Å². The van der Waals surface area contributed by atoms with E-state index in [0.29, 0.717) is 0 Å². The van der Waals surface area contributed by atoms with Crippen LogP contribution in [0.4, 0.5) is 0 Å². The van der Waals surface area contributed by atoms with Crippen LogP contribution in [0, 0.1) is 0 Å². The second kappa shape index (κ2) is 14.9. The van der Waals surface area contributed by atoms with Gasteiger partial charge in [0.25, 0.3) is 0 Å². The summed E-state index contributed by atoms with van der Waals surface area (Å²) < 4.78 is 13.0. The number of thioether (sulfide) groups is 1. The Hall–Kier alpha value is -6.54. The Morgan fingerprint density at radius 2 is 1.38 bits per heavy atom. The number of fused-ring (bicyclic) bond motifs is 2. The number of hydrogen-bond donors (Lipinski definition) is 1. The summed E-state index contributed by atoms with van der Waals surface area (Å²) in [5.41, 5.74) is 11.1. The average Bonchev–Trinajstić information content (AvgIpc) is 4.01. The van der Waals surface area contributed by atoms with Crippen molar-refractivity contribution in [3.8, 4) is 45.0 Å². The molecule has 0 aliphatic heterocycles. The summed E-state index contributed by atoms with van der Waals surface area (Å²) in [4.78, 5) is 14.6. The molecule has 0 bridgehead atoms. The van der Waals surface area contributed by atoms with Crippen LogP contribution in [-0.4, -0.2) is 15.0 Å². The molecular formula is C49H33N3O2S2. The zero-order chi connectivity index (χ0) is 37.3. The fraction of sp³-hybridized carbons (Fsp3) is 0.0204. The molecule has 7 heteroatoms. The van der Waals surface area contributed by atoms with Gasteiger partial charge in [-0.2, -0.15) is 0 Å². The van der Waals surface area contributed by atoms with Crippen molar-refractivity contribution in [3.63, 3.8) is 0 Å². The molecule has 5 heterocycles. The number of nitrogens with zero attached hydrogens (tertiary/aromatic N) is 2. The first-order valence-corrected chi connectivity index (χ1v) is 20.1. The monoisotopic (exact) mass is 759 g/mol. The van der Waals surface area contributed by atoms with Gasteiger partial charge in [-0.05, 0) is 59.2 Å². The number of aromatic nitrogens is 3. The van der Waals surface area contributed by atoms with Gasteiger partial charge >= 0.3 is 0 Å². The quantitative estimate of drug-likeness (QED) is 0.140. The first kappa shape index (κ1) is 34.0. The van der Waals surface area contributed by atoms with Gasteiger partial charge in [0.05, 0.1) is 39.0 Å². The molecule has 5 aromatic heterocycles. The highest BCUT2D eigenvalue weighted by Crippen LogP contribution is 2.51. The Labute approximate surface area is 332 Å². The van der Waals surface area contributed by atoms with Crippen molar-refractivity contribution in [2.75, 3.05) is 0 Å². The van der Waals surface area contributed by atoms with Gasteiger partial charge in [-0.25, -0.2) is 4.98 Å². The summed E-state index contributed by atoms with van der Waals surface area (Å²) in [6, 6.07) is 58.6. The van der Waals surface area contributed by atoms with Gasteiger partial charge < -0.3 is 13.8 Å². The zero-order valence-electron chi connectivity index (χ0n) is 30.0. The van der Waals surface area contributed by atoms with Crippen LogP contribution in [-0.2, 0) is 0 Å². The Balaban J connectivity index is 1.10. The fourth-order valence-corrected chi connectivity index (χ4v) is 9.78. The number of hydrogen-bond acceptors (Lipinski definition) is 6. The van der Waals surface area contributed by atoms with Crippen LogP contribution in [0.25, 0.3) is 66.8 Å². The van der Waals surface area contributed by atoms with Crippen molar-refractivity contribution < 1.29 is 8.83 Å². The maximum Gasteiger partial charge on any atom is 0.177 e. The van der Waals surface area contributed by atoms with Crippen molar-refractivity contribution in [2.24, 2.45) is 0 Å². The minimum Gasteiger partial charge on any atom is -0.463 e. The van der Waals surface area contributed by atoms with E-state index in [1.165, 1.54) is 11.1 Å². The smallest absolute Gasteiger partial charge is 0.177 e. The maximum atomic E-state index is 6.70. The van der Waals surface area contributed by atoms with Crippen LogP contribution in [0.5, 0.6) is 0 Å². The third-order valence-electron chi connectivity index (χ3n) is 9.92. The summed E-state index contributed by atoms with van der Waals surface area (Å²) in [5, 5.41) is 3.86. The number of furan rings is 2. The van der Waals surface area contributed by atoms with Crippen molar-refractivity contribution >= 4 is 45.4 Å². The van der Waals surface area contributed by atoms with E-state index in [2.05, 4.69) is 137 Å². The lowest BCUT2D eigenvalue weighted by molar-refractivity contribution is 0.510. The molecule has 0 radical (unpaired) electrons. The Bertz CT molecular complexity index is 2940. The van der Waals surface area contributed by atoms with E-state index in [1.807, 2.05) is 66.5 Å². The van der Waals surface area contributed by atoms with Crippen molar-refractivity contribution in [2.45, 2.75) is 20.3 Å². The highest BCUT2D eigenvalue weighted by Gasteiger charge is 2.27. The molecule has 1 atom stereocenters. The highest BCUT2D eigenvalue weighted by molar-refractivity contribution is 8.00. The molecule has 10 aromatic rings. The van der Waals surface area contributed by atoms with Crippen molar-refractivity contribution in [1.29, 1.82) is 0 Å². The lowest BCUT2D eigenvalue weighted by Gasteiger charge is -2.21. The third kappa shape index (κ3) is 6.41. The first-order chi connectivity index (χ1) is 27.8. The molecule has 5 aromatic carbocycles. The van der Waals surface area contributed by atoms with Gasteiger partial charge in [-0.1, -0.05) is 151 Å². The summed E-state index contributed by atoms with van der Waals surface area (Å²) in [7, 11) is 0. The topological polar surface area (TPSA) is 67.8 Å². The minimum absolute atomic E-state index is 0.0704. The number of para-hydroxylation sites is 2. The van der Waals surface area contributed by atoms with E-state index in [4.69, 9.17) is 13.8 Å². The molecule has 0 saturated heterocycles. The van der Waals surface area contributed by atoms with Crippen molar-refractivity contribution in [3.05, 3.63) is 200 Å². The van der Waals surface area contributed by atoms with Crippen LogP contribution < -0.4 is 0 Å². The van der Waals surface area contributed by atoms with Gasteiger partial charge in [-0.3, -0.25) is 4.98 Å².